The summed E-state index contributed by atoms with van der Waals surface area (Å²) in [7, 11) is 0. The molecule has 1 aliphatic carbocycles. The molecule has 0 unspecified atom stereocenters. The van der Waals surface area contributed by atoms with Crippen LogP contribution in [0, 0.1) is 6.92 Å². The molecule has 6 nitrogen and oxygen atoms in total. The normalized spacial score (nSPS) is 21.6. The summed E-state index contributed by atoms with van der Waals surface area (Å²) in [5.74, 6) is -1.07. The van der Waals surface area contributed by atoms with Gasteiger partial charge in [0.25, 0.3) is 0 Å². The number of hydrogen-bond donors (Lipinski definition) is 4. The lowest BCUT2D eigenvalue weighted by atomic mass is 9.93. The van der Waals surface area contributed by atoms with E-state index in [4.69, 9.17) is 5.11 Å². The van der Waals surface area contributed by atoms with Crippen molar-refractivity contribution in [1.29, 1.82) is 0 Å². The second-order valence-electron chi connectivity index (χ2n) is 5.46. The molecule has 1 fully saturated rings. The second kappa shape index (κ2) is 6.58. The summed E-state index contributed by atoms with van der Waals surface area (Å²) in [5.41, 5.74) is 1.17. The van der Waals surface area contributed by atoms with Crippen LogP contribution < -0.4 is 10.6 Å². The van der Waals surface area contributed by atoms with Gasteiger partial charge in [-0.15, -0.1) is 0 Å². The van der Waals surface area contributed by atoms with Gasteiger partial charge in [0.15, 0.2) is 0 Å². The number of carbonyl (C=O) groups is 2. The lowest BCUT2D eigenvalue weighted by molar-refractivity contribution is 0.0698. The molecule has 4 N–H and O–H groups in total. The summed E-state index contributed by atoms with van der Waals surface area (Å²) < 4.78 is 0. The molecule has 1 aromatic carbocycles. The fourth-order valence-electron chi connectivity index (χ4n) is 2.51. The van der Waals surface area contributed by atoms with Gasteiger partial charge in [0.05, 0.1) is 17.4 Å². The van der Waals surface area contributed by atoms with E-state index in [1.165, 1.54) is 6.07 Å². The highest BCUT2D eigenvalue weighted by molar-refractivity contribution is 6.00. The van der Waals surface area contributed by atoms with Crippen molar-refractivity contribution in [3.8, 4) is 0 Å². The van der Waals surface area contributed by atoms with Gasteiger partial charge in [-0.3, -0.25) is 0 Å². The third-order valence-corrected chi connectivity index (χ3v) is 3.69. The highest BCUT2D eigenvalue weighted by Crippen LogP contribution is 2.20. The molecular formula is C15H20N2O4. The van der Waals surface area contributed by atoms with Crippen molar-refractivity contribution in [1.82, 2.24) is 5.32 Å². The molecule has 0 atom stereocenters. The van der Waals surface area contributed by atoms with Crippen molar-refractivity contribution in [3.05, 3.63) is 29.3 Å². The number of benzene rings is 1. The van der Waals surface area contributed by atoms with Crippen LogP contribution in [-0.2, 0) is 0 Å². The zero-order valence-corrected chi connectivity index (χ0v) is 11.9. The van der Waals surface area contributed by atoms with E-state index in [2.05, 4.69) is 10.6 Å². The topological polar surface area (TPSA) is 98.7 Å². The van der Waals surface area contributed by atoms with Gasteiger partial charge in [0.2, 0.25) is 0 Å². The van der Waals surface area contributed by atoms with Crippen LogP contribution in [0.25, 0.3) is 0 Å². The third kappa shape index (κ3) is 4.19. The molecule has 0 saturated heterocycles. The Morgan fingerprint density at radius 1 is 1.19 bits per heavy atom. The Balaban J connectivity index is 1.98. The van der Waals surface area contributed by atoms with Crippen LogP contribution in [0.15, 0.2) is 18.2 Å². The maximum Gasteiger partial charge on any atom is 0.337 e. The van der Waals surface area contributed by atoms with Crippen molar-refractivity contribution in [2.24, 2.45) is 0 Å². The largest absolute Gasteiger partial charge is 0.478 e. The minimum atomic E-state index is -1.07. The zero-order chi connectivity index (χ0) is 15.4. The predicted octanol–water partition coefficient (Wildman–Crippen LogP) is 2.12. The van der Waals surface area contributed by atoms with Crippen LogP contribution in [0.2, 0.25) is 0 Å². The van der Waals surface area contributed by atoms with E-state index in [9.17, 15) is 14.7 Å². The molecule has 0 aromatic heterocycles. The molecule has 2 rings (SSSR count). The summed E-state index contributed by atoms with van der Waals surface area (Å²) >= 11 is 0. The van der Waals surface area contributed by atoms with E-state index >= 15 is 0 Å². The summed E-state index contributed by atoms with van der Waals surface area (Å²) in [4.78, 5) is 23.1. The Labute approximate surface area is 123 Å². The molecule has 0 spiro atoms. The number of rotatable bonds is 3. The van der Waals surface area contributed by atoms with Crippen molar-refractivity contribution in [3.63, 3.8) is 0 Å². The molecule has 2 amide bonds. The number of carbonyl (C=O) groups excluding carboxylic acids is 1. The van der Waals surface area contributed by atoms with Gasteiger partial charge in [-0.05, 0) is 44.7 Å². The average molecular weight is 292 g/mol. The summed E-state index contributed by atoms with van der Waals surface area (Å²) in [6.07, 6.45) is 2.54. The first kappa shape index (κ1) is 15.3. The van der Waals surface area contributed by atoms with Gasteiger partial charge >= 0.3 is 12.0 Å². The quantitative estimate of drug-likeness (QED) is 0.685. The molecule has 0 radical (unpaired) electrons. The van der Waals surface area contributed by atoms with Gasteiger partial charge in [-0.1, -0.05) is 11.6 Å². The molecule has 1 aliphatic rings. The third-order valence-electron chi connectivity index (χ3n) is 3.69. The second-order valence-corrected chi connectivity index (χ2v) is 5.46. The first-order valence-electron chi connectivity index (χ1n) is 7.05. The van der Waals surface area contributed by atoms with Gasteiger partial charge in [0, 0.05) is 6.04 Å². The van der Waals surface area contributed by atoms with E-state index in [-0.39, 0.29) is 23.4 Å². The zero-order valence-electron chi connectivity index (χ0n) is 11.9. The molecule has 1 aromatic rings. The predicted molar refractivity (Wildman–Crippen MR) is 78.6 cm³/mol. The Hall–Kier alpha value is -2.08. The minimum Gasteiger partial charge on any atom is -0.478 e. The Morgan fingerprint density at radius 2 is 1.86 bits per heavy atom. The first-order chi connectivity index (χ1) is 9.95. The molecule has 1 saturated carbocycles. The average Bonchev–Trinajstić information content (AvgIpc) is 2.43. The number of carboxylic acids is 1. The Morgan fingerprint density at radius 3 is 2.48 bits per heavy atom. The van der Waals surface area contributed by atoms with E-state index in [1.54, 1.807) is 19.1 Å². The van der Waals surface area contributed by atoms with E-state index in [1.807, 2.05) is 0 Å². The van der Waals surface area contributed by atoms with Crippen LogP contribution in [0.3, 0.4) is 0 Å². The number of urea groups is 1. The van der Waals surface area contributed by atoms with Crippen LogP contribution in [0.4, 0.5) is 10.5 Å². The lowest BCUT2D eigenvalue weighted by Gasteiger charge is -2.26. The van der Waals surface area contributed by atoms with Crippen molar-refractivity contribution in [2.45, 2.75) is 44.8 Å². The number of carboxylic acid groups (broad SMARTS) is 1. The summed E-state index contributed by atoms with van der Waals surface area (Å²) in [6.45, 7) is 1.80. The molecule has 0 aliphatic heterocycles. The number of aryl methyl sites for hydroxylation is 1. The van der Waals surface area contributed by atoms with Gasteiger partial charge in [-0.25, -0.2) is 9.59 Å². The van der Waals surface area contributed by atoms with Gasteiger partial charge < -0.3 is 20.8 Å². The van der Waals surface area contributed by atoms with E-state index in [0.717, 1.165) is 18.4 Å². The molecule has 6 heteroatoms. The number of aliphatic hydroxyl groups excluding tert-OH is 1. The first-order valence-corrected chi connectivity index (χ1v) is 7.05. The summed E-state index contributed by atoms with van der Waals surface area (Å²) in [6, 6.07) is 4.46. The molecule has 0 heterocycles. The van der Waals surface area contributed by atoms with Gasteiger partial charge in [-0.2, -0.15) is 0 Å². The van der Waals surface area contributed by atoms with Crippen molar-refractivity contribution in [2.75, 3.05) is 5.32 Å². The number of aromatic carboxylic acids is 1. The van der Waals surface area contributed by atoms with Crippen LogP contribution >= 0.6 is 0 Å². The monoisotopic (exact) mass is 292 g/mol. The minimum absolute atomic E-state index is 0.0205. The number of hydrogen-bond acceptors (Lipinski definition) is 3. The maximum absolute atomic E-state index is 11.9. The smallest absolute Gasteiger partial charge is 0.337 e. The standard InChI is InChI=1S/C15H20N2O4/c1-9-2-7-13(12(8-9)14(19)20)17-15(21)16-10-3-5-11(18)6-4-10/h2,7-8,10-11,18H,3-6H2,1H3,(H,19,20)(H2,16,17,21). The number of nitrogens with one attached hydrogen (secondary N) is 2. The van der Waals surface area contributed by atoms with E-state index < -0.39 is 12.0 Å². The fourth-order valence-corrected chi connectivity index (χ4v) is 2.51. The Bertz CT molecular complexity index is 536. The highest BCUT2D eigenvalue weighted by Gasteiger charge is 2.21. The van der Waals surface area contributed by atoms with Crippen molar-refractivity contribution < 1.29 is 19.8 Å². The lowest BCUT2D eigenvalue weighted by Crippen LogP contribution is -2.41. The Kier molecular flexibility index (Phi) is 4.80. The van der Waals surface area contributed by atoms with Gasteiger partial charge in [0.1, 0.15) is 0 Å². The molecule has 21 heavy (non-hydrogen) atoms. The molecule has 114 valence electrons. The fraction of sp³-hybridized carbons (Fsp3) is 0.467. The van der Waals surface area contributed by atoms with Crippen LogP contribution in [0.5, 0.6) is 0 Å². The number of amides is 2. The maximum atomic E-state index is 11.9. The molecular weight excluding hydrogens is 272 g/mol. The van der Waals surface area contributed by atoms with Crippen LogP contribution in [-0.4, -0.2) is 34.4 Å². The van der Waals surface area contributed by atoms with E-state index in [0.29, 0.717) is 12.8 Å². The summed E-state index contributed by atoms with van der Waals surface area (Å²) in [5, 5.41) is 24.0. The highest BCUT2D eigenvalue weighted by atomic mass is 16.4. The SMILES string of the molecule is Cc1ccc(NC(=O)NC2CCC(O)CC2)c(C(=O)O)c1. The number of anilines is 1. The van der Waals surface area contributed by atoms with Crippen LogP contribution in [0.1, 0.15) is 41.6 Å². The van der Waals surface area contributed by atoms with Crippen molar-refractivity contribution >= 4 is 17.7 Å². The number of aliphatic hydroxyl groups is 1. The molecule has 0 bridgehead atoms.